The summed E-state index contributed by atoms with van der Waals surface area (Å²) in [5, 5.41) is 9.19. The summed E-state index contributed by atoms with van der Waals surface area (Å²) in [4.78, 5) is 0. The van der Waals surface area contributed by atoms with Gasteiger partial charge in [0.25, 0.3) is 0 Å². The van der Waals surface area contributed by atoms with Crippen molar-refractivity contribution in [1.29, 1.82) is 0 Å². The molecule has 5 heteroatoms. The highest BCUT2D eigenvalue weighted by atomic mass is 16.7. The lowest BCUT2D eigenvalue weighted by Gasteiger charge is -2.10. The topological polar surface area (TPSA) is 57.2 Å². The molecule has 0 atom stereocenters. The molecule has 1 aromatic carbocycles. The summed E-state index contributed by atoms with van der Waals surface area (Å²) in [7, 11) is 0. The van der Waals surface area contributed by atoms with Crippen LogP contribution in [0.2, 0.25) is 0 Å². The molecule has 0 aliphatic carbocycles. The van der Waals surface area contributed by atoms with Crippen molar-refractivity contribution >= 4 is 0 Å². The van der Waals surface area contributed by atoms with Crippen LogP contribution in [0.3, 0.4) is 0 Å². The van der Waals surface area contributed by atoms with E-state index in [0.717, 1.165) is 0 Å². The number of hydrogen-bond donors (Lipinski definition) is 1. The molecule has 2 rings (SSSR count). The van der Waals surface area contributed by atoms with Crippen LogP contribution in [0, 0.1) is 0 Å². The maximum Gasteiger partial charge on any atom is 0.231 e. The van der Waals surface area contributed by atoms with Crippen molar-refractivity contribution < 1.29 is 24.1 Å². The van der Waals surface area contributed by atoms with Gasteiger partial charge in [-0.1, -0.05) is 0 Å². The van der Waals surface area contributed by atoms with Crippen LogP contribution in [0.1, 0.15) is 12.5 Å². The summed E-state index contributed by atoms with van der Waals surface area (Å²) in [6.45, 7) is 2.71. The summed E-state index contributed by atoms with van der Waals surface area (Å²) in [6, 6.07) is 3.41. The average molecular weight is 226 g/mol. The van der Waals surface area contributed by atoms with Crippen molar-refractivity contribution in [3.8, 4) is 17.2 Å². The average Bonchev–Trinajstić information content (AvgIpc) is 2.75. The van der Waals surface area contributed by atoms with Crippen LogP contribution in [0.15, 0.2) is 12.1 Å². The molecule has 5 nitrogen and oxygen atoms in total. The molecule has 0 unspecified atom stereocenters. The first-order valence-corrected chi connectivity index (χ1v) is 5.09. The van der Waals surface area contributed by atoms with Gasteiger partial charge < -0.3 is 24.1 Å². The molecule has 0 radical (unpaired) electrons. The number of hydrogen-bond acceptors (Lipinski definition) is 5. The maximum atomic E-state index is 9.19. The first-order valence-electron chi connectivity index (χ1n) is 5.09. The molecule has 88 valence electrons. The van der Waals surface area contributed by atoms with Gasteiger partial charge >= 0.3 is 0 Å². The van der Waals surface area contributed by atoms with E-state index in [2.05, 4.69) is 0 Å². The molecule has 0 spiro atoms. The van der Waals surface area contributed by atoms with Gasteiger partial charge in [-0.2, -0.15) is 0 Å². The minimum absolute atomic E-state index is 0.113. The largest absolute Gasteiger partial charge is 0.467 e. The SMILES string of the molecule is CCOCOc1cc2c(cc1CO)OCO2. The second-order valence-corrected chi connectivity index (χ2v) is 3.23. The minimum Gasteiger partial charge on any atom is -0.467 e. The van der Waals surface area contributed by atoms with E-state index >= 15 is 0 Å². The Morgan fingerprint density at radius 3 is 2.75 bits per heavy atom. The Morgan fingerprint density at radius 1 is 1.31 bits per heavy atom. The van der Waals surface area contributed by atoms with Crippen molar-refractivity contribution in [2.45, 2.75) is 13.5 Å². The van der Waals surface area contributed by atoms with Crippen LogP contribution in [0.5, 0.6) is 17.2 Å². The number of fused-ring (bicyclic) bond motifs is 1. The Morgan fingerprint density at radius 2 is 2.06 bits per heavy atom. The monoisotopic (exact) mass is 226 g/mol. The predicted molar refractivity (Wildman–Crippen MR) is 55.6 cm³/mol. The van der Waals surface area contributed by atoms with E-state index in [1.807, 2.05) is 6.92 Å². The quantitative estimate of drug-likeness (QED) is 0.605. The Bertz CT molecular complexity index is 364. The van der Waals surface area contributed by atoms with Crippen LogP contribution in [-0.2, 0) is 11.3 Å². The van der Waals surface area contributed by atoms with Gasteiger partial charge in [-0.15, -0.1) is 0 Å². The van der Waals surface area contributed by atoms with E-state index in [9.17, 15) is 5.11 Å². The molecule has 1 aliphatic rings. The first kappa shape index (κ1) is 11.0. The molecule has 0 bridgehead atoms. The molecule has 0 aromatic heterocycles. The number of benzene rings is 1. The van der Waals surface area contributed by atoms with Gasteiger partial charge in [0.15, 0.2) is 18.3 Å². The molecule has 1 heterocycles. The number of rotatable bonds is 5. The maximum absolute atomic E-state index is 9.19. The van der Waals surface area contributed by atoms with Crippen molar-refractivity contribution in [3.63, 3.8) is 0 Å². The van der Waals surface area contributed by atoms with E-state index in [0.29, 0.717) is 29.4 Å². The molecule has 0 saturated heterocycles. The fourth-order valence-corrected chi connectivity index (χ4v) is 1.41. The zero-order chi connectivity index (χ0) is 11.4. The van der Waals surface area contributed by atoms with E-state index in [1.165, 1.54) is 0 Å². The molecule has 1 N–H and O–H groups in total. The van der Waals surface area contributed by atoms with Gasteiger partial charge in [0.2, 0.25) is 6.79 Å². The fourth-order valence-electron chi connectivity index (χ4n) is 1.41. The van der Waals surface area contributed by atoms with Crippen LogP contribution >= 0.6 is 0 Å². The second-order valence-electron chi connectivity index (χ2n) is 3.23. The van der Waals surface area contributed by atoms with Gasteiger partial charge in [-0.05, 0) is 13.0 Å². The summed E-state index contributed by atoms with van der Waals surface area (Å²) >= 11 is 0. The fraction of sp³-hybridized carbons (Fsp3) is 0.455. The third-order valence-electron chi connectivity index (χ3n) is 2.23. The highest BCUT2D eigenvalue weighted by Crippen LogP contribution is 2.38. The third-order valence-corrected chi connectivity index (χ3v) is 2.23. The summed E-state index contributed by atoms with van der Waals surface area (Å²) in [5.74, 6) is 1.82. The Labute approximate surface area is 93.5 Å². The van der Waals surface area contributed by atoms with E-state index in [1.54, 1.807) is 12.1 Å². The van der Waals surface area contributed by atoms with E-state index in [-0.39, 0.29) is 20.2 Å². The highest BCUT2D eigenvalue weighted by molar-refractivity contribution is 5.51. The van der Waals surface area contributed by atoms with Crippen LogP contribution < -0.4 is 14.2 Å². The first-order chi connectivity index (χ1) is 7.85. The minimum atomic E-state index is -0.113. The molecule has 0 amide bonds. The number of aliphatic hydroxyl groups is 1. The van der Waals surface area contributed by atoms with Gasteiger partial charge in [0, 0.05) is 18.2 Å². The second kappa shape index (κ2) is 5.05. The van der Waals surface area contributed by atoms with Crippen molar-refractivity contribution in [2.75, 3.05) is 20.2 Å². The Balaban J connectivity index is 2.15. The summed E-state index contributed by atoms with van der Waals surface area (Å²) in [6.07, 6.45) is 0. The van der Waals surface area contributed by atoms with Gasteiger partial charge in [0.05, 0.1) is 6.61 Å². The molecule has 1 aromatic rings. The predicted octanol–water partition coefficient (Wildman–Crippen LogP) is 1.28. The van der Waals surface area contributed by atoms with Crippen molar-refractivity contribution in [3.05, 3.63) is 17.7 Å². The van der Waals surface area contributed by atoms with Gasteiger partial charge in [-0.25, -0.2) is 0 Å². The highest BCUT2D eigenvalue weighted by Gasteiger charge is 2.17. The zero-order valence-electron chi connectivity index (χ0n) is 9.06. The zero-order valence-corrected chi connectivity index (χ0v) is 9.06. The molecule has 0 saturated carbocycles. The smallest absolute Gasteiger partial charge is 0.231 e. The van der Waals surface area contributed by atoms with Gasteiger partial charge in [0.1, 0.15) is 5.75 Å². The molecule has 16 heavy (non-hydrogen) atoms. The Hall–Kier alpha value is -1.46. The van der Waals surface area contributed by atoms with Crippen LogP contribution in [-0.4, -0.2) is 25.3 Å². The van der Waals surface area contributed by atoms with Crippen LogP contribution in [0.25, 0.3) is 0 Å². The van der Waals surface area contributed by atoms with Crippen LogP contribution in [0.4, 0.5) is 0 Å². The van der Waals surface area contributed by atoms with E-state index < -0.39 is 0 Å². The lowest BCUT2D eigenvalue weighted by Crippen LogP contribution is -2.04. The molecular formula is C11H14O5. The molecule has 1 aliphatic heterocycles. The lowest BCUT2D eigenvalue weighted by molar-refractivity contribution is 0.0211. The molecule has 0 fully saturated rings. The summed E-state index contributed by atoms with van der Waals surface area (Å²) in [5.41, 5.74) is 0.656. The van der Waals surface area contributed by atoms with Crippen molar-refractivity contribution in [2.24, 2.45) is 0 Å². The van der Waals surface area contributed by atoms with Crippen molar-refractivity contribution in [1.82, 2.24) is 0 Å². The Kier molecular flexibility index (Phi) is 3.48. The molecular weight excluding hydrogens is 212 g/mol. The van der Waals surface area contributed by atoms with Gasteiger partial charge in [-0.3, -0.25) is 0 Å². The normalized spacial score (nSPS) is 12.9. The van der Waals surface area contributed by atoms with E-state index in [4.69, 9.17) is 18.9 Å². The lowest BCUT2D eigenvalue weighted by atomic mass is 10.2. The summed E-state index contributed by atoms with van der Waals surface area (Å²) < 4.78 is 20.9. The third kappa shape index (κ3) is 2.20. The number of aliphatic hydroxyl groups excluding tert-OH is 1. The number of ether oxygens (including phenoxy) is 4. The standard InChI is InChI=1S/C11H14O5/c1-2-13-6-14-9-4-11-10(15-7-16-11)3-8(9)5-12/h3-4,12H,2,5-7H2,1H3.